The van der Waals surface area contributed by atoms with Gasteiger partial charge in [-0.15, -0.1) is 0 Å². The maximum absolute atomic E-state index is 12.7. The number of nitrogens with one attached hydrogen (secondary N) is 1. The first-order valence-electron chi connectivity index (χ1n) is 9.67. The molecule has 9 heteroatoms. The lowest BCUT2D eigenvalue weighted by Gasteiger charge is -2.24. The molecule has 0 aromatic carbocycles. The summed E-state index contributed by atoms with van der Waals surface area (Å²) < 4.78 is 1.81. The summed E-state index contributed by atoms with van der Waals surface area (Å²) in [6.07, 6.45) is 5.36. The van der Waals surface area contributed by atoms with E-state index in [4.69, 9.17) is 0 Å². The number of anilines is 1. The first-order valence-corrected chi connectivity index (χ1v) is 9.67. The number of amides is 1. The Morgan fingerprint density at radius 3 is 2.86 bits per heavy atom. The Balaban J connectivity index is 1.61. The molecule has 28 heavy (non-hydrogen) atoms. The predicted molar refractivity (Wildman–Crippen MR) is 107 cm³/mol. The molecule has 1 atom stereocenters. The highest BCUT2D eigenvalue weighted by atomic mass is 16.2. The van der Waals surface area contributed by atoms with Crippen molar-refractivity contribution in [1.82, 2.24) is 29.5 Å². The third kappa shape index (κ3) is 4.59. The van der Waals surface area contributed by atoms with Gasteiger partial charge in [0, 0.05) is 58.6 Å². The van der Waals surface area contributed by atoms with Crippen LogP contribution in [0.5, 0.6) is 0 Å². The third-order valence-electron chi connectivity index (χ3n) is 5.02. The van der Waals surface area contributed by atoms with Gasteiger partial charge in [-0.2, -0.15) is 5.10 Å². The van der Waals surface area contributed by atoms with E-state index < -0.39 is 0 Å². The molecule has 1 unspecified atom stereocenters. The molecule has 0 aliphatic carbocycles. The molecule has 1 fully saturated rings. The van der Waals surface area contributed by atoms with E-state index in [9.17, 15) is 9.59 Å². The average molecular weight is 387 g/mol. The zero-order chi connectivity index (χ0) is 20.3. The first-order chi connectivity index (χ1) is 13.4. The lowest BCUT2D eigenvalue weighted by atomic mass is 10.2. The SMILES string of the molecule is CCCn1cc(C(=O)N2CCC(N(C)Cc3cc(=O)[nH]c(N(C)C)n3)C2)cn1. The van der Waals surface area contributed by atoms with Crippen LogP contribution >= 0.6 is 0 Å². The van der Waals surface area contributed by atoms with Crippen LogP contribution in [0, 0.1) is 0 Å². The number of H-pyrrole nitrogens is 1. The van der Waals surface area contributed by atoms with E-state index in [-0.39, 0.29) is 17.5 Å². The fourth-order valence-electron chi connectivity index (χ4n) is 3.47. The van der Waals surface area contributed by atoms with Crippen LogP contribution in [0.2, 0.25) is 0 Å². The van der Waals surface area contributed by atoms with Crippen LogP contribution in [0.3, 0.4) is 0 Å². The molecule has 152 valence electrons. The molecule has 1 aliphatic rings. The first kappa shape index (κ1) is 20.1. The van der Waals surface area contributed by atoms with Gasteiger partial charge in [-0.3, -0.25) is 24.2 Å². The number of hydrogen-bond acceptors (Lipinski definition) is 6. The van der Waals surface area contributed by atoms with Gasteiger partial charge < -0.3 is 9.80 Å². The van der Waals surface area contributed by atoms with Gasteiger partial charge in [0.25, 0.3) is 11.5 Å². The van der Waals surface area contributed by atoms with Crippen LogP contribution in [-0.4, -0.2) is 75.7 Å². The quantitative estimate of drug-likeness (QED) is 0.755. The third-order valence-corrected chi connectivity index (χ3v) is 5.02. The van der Waals surface area contributed by atoms with E-state index in [2.05, 4.69) is 26.9 Å². The molecule has 1 aliphatic heterocycles. The molecule has 3 rings (SSSR count). The van der Waals surface area contributed by atoms with Gasteiger partial charge in [0.05, 0.1) is 17.5 Å². The summed E-state index contributed by atoms with van der Waals surface area (Å²) in [6.45, 7) is 4.85. The van der Waals surface area contributed by atoms with Crippen molar-refractivity contribution in [1.29, 1.82) is 0 Å². The van der Waals surface area contributed by atoms with E-state index in [1.54, 1.807) is 11.1 Å². The zero-order valence-electron chi connectivity index (χ0n) is 17.1. The molecule has 0 spiro atoms. The van der Waals surface area contributed by atoms with E-state index >= 15 is 0 Å². The summed E-state index contributed by atoms with van der Waals surface area (Å²) in [4.78, 5) is 37.7. The van der Waals surface area contributed by atoms with Gasteiger partial charge in [-0.1, -0.05) is 6.92 Å². The van der Waals surface area contributed by atoms with Crippen LogP contribution in [0.1, 0.15) is 35.8 Å². The van der Waals surface area contributed by atoms with E-state index in [1.165, 1.54) is 6.07 Å². The average Bonchev–Trinajstić information content (AvgIpc) is 3.30. The maximum Gasteiger partial charge on any atom is 0.257 e. The van der Waals surface area contributed by atoms with Crippen molar-refractivity contribution in [3.63, 3.8) is 0 Å². The Bertz CT molecular complexity index is 873. The van der Waals surface area contributed by atoms with E-state index in [0.29, 0.717) is 24.6 Å². The van der Waals surface area contributed by atoms with Crippen molar-refractivity contribution in [2.45, 2.75) is 38.9 Å². The number of carbonyl (C=O) groups excluding carboxylic acids is 1. The molecular formula is C19H29N7O2. The summed E-state index contributed by atoms with van der Waals surface area (Å²) in [6, 6.07) is 1.77. The highest BCUT2D eigenvalue weighted by molar-refractivity contribution is 5.93. The molecule has 3 heterocycles. The van der Waals surface area contributed by atoms with Gasteiger partial charge in [0.2, 0.25) is 5.95 Å². The molecule has 0 radical (unpaired) electrons. The van der Waals surface area contributed by atoms with Crippen molar-refractivity contribution in [3.8, 4) is 0 Å². The lowest BCUT2D eigenvalue weighted by Crippen LogP contribution is -2.36. The summed E-state index contributed by atoms with van der Waals surface area (Å²) in [5.74, 6) is 0.575. The topological polar surface area (TPSA) is 90.4 Å². The van der Waals surface area contributed by atoms with Gasteiger partial charge in [0.1, 0.15) is 0 Å². The molecule has 9 nitrogen and oxygen atoms in total. The fraction of sp³-hybridized carbons (Fsp3) is 0.579. The number of likely N-dealkylation sites (N-methyl/N-ethyl adjacent to an activating group) is 1. The summed E-state index contributed by atoms with van der Waals surface area (Å²) in [7, 11) is 5.69. The number of aromatic nitrogens is 4. The minimum atomic E-state index is -0.158. The minimum absolute atomic E-state index is 0.0300. The second kappa shape index (κ2) is 8.55. The smallest absolute Gasteiger partial charge is 0.257 e. The van der Waals surface area contributed by atoms with Crippen molar-refractivity contribution < 1.29 is 4.79 Å². The van der Waals surface area contributed by atoms with Crippen molar-refractivity contribution >= 4 is 11.9 Å². The molecule has 1 N–H and O–H groups in total. The monoisotopic (exact) mass is 387 g/mol. The Hall–Kier alpha value is -2.68. The van der Waals surface area contributed by atoms with Crippen molar-refractivity contribution in [2.24, 2.45) is 0 Å². The number of carbonyl (C=O) groups is 1. The number of aromatic amines is 1. The number of hydrogen-bond donors (Lipinski definition) is 1. The number of rotatable bonds is 7. The highest BCUT2D eigenvalue weighted by Gasteiger charge is 2.30. The molecule has 1 amide bonds. The Morgan fingerprint density at radius 1 is 1.36 bits per heavy atom. The van der Waals surface area contributed by atoms with Crippen LogP contribution in [0.4, 0.5) is 5.95 Å². The van der Waals surface area contributed by atoms with Gasteiger partial charge in [-0.05, 0) is 19.9 Å². The van der Waals surface area contributed by atoms with Gasteiger partial charge in [-0.25, -0.2) is 4.98 Å². The second-order valence-electron chi connectivity index (χ2n) is 7.56. The largest absolute Gasteiger partial charge is 0.348 e. The number of nitrogens with zero attached hydrogens (tertiary/aromatic N) is 6. The standard InChI is InChI=1S/C19H29N7O2/c1-5-7-26-11-14(10-20-26)18(28)25-8-6-16(13-25)24(4)12-15-9-17(27)22-19(21-15)23(2)3/h9-11,16H,5-8,12-13H2,1-4H3,(H,21,22,27). The Kier molecular flexibility index (Phi) is 6.13. The normalized spacial score (nSPS) is 16.8. The number of aryl methyl sites for hydroxylation is 1. The molecule has 2 aromatic rings. The molecular weight excluding hydrogens is 358 g/mol. The summed E-state index contributed by atoms with van der Waals surface area (Å²) in [5.41, 5.74) is 1.21. The van der Waals surface area contributed by atoms with Gasteiger partial charge in [0.15, 0.2) is 0 Å². The minimum Gasteiger partial charge on any atom is -0.348 e. The van der Waals surface area contributed by atoms with Crippen LogP contribution in [-0.2, 0) is 13.1 Å². The van der Waals surface area contributed by atoms with Gasteiger partial charge >= 0.3 is 0 Å². The number of likely N-dealkylation sites (tertiary alicyclic amines) is 1. The molecule has 0 saturated carbocycles. The Labute approximate surface area is 165 Å². The summed E-state index contributed by atoms with van der Waals surface area (Å²) in [5, 5.41) is 4.25. The zero-order valence-corrected chi connectivity index (χ0v) is 17.1. The molecule has 0 bridgehead atoms. The van der Waals surface area contributed by atoms with E-state index in [1.807, 2.05) is 36.9 Å². The van der Waals surface area contributed by atoms with Crippen LogP contribution < -0.4 is 10.5 Å². The fourth-order valence-corrected chi connectivity index (χ4v) is 3.47. The molecule has 1 saturated heterocycles. The van der Waals surface area contributed by atoms with Crippen LogP contribution in [0.25, 0.3) is 0 Å². The predicted octanol–water partition coefficient (Wildman–Crippen LogP) is 0.789. The Morgan fingerprint density at radius 2 is 2.14 bits per heavy atom. The van der Waals surface area contributed by atoms with Crippen molar-refractivity contribution in [3.05, 3.63) is 40.1 Å². The highest BCUT2D eigenvalue weighted by Crippen LogP contribution is 2.18. The lowest BCUT2D eigenvalue weighted by molar-refractivity contribution is 0.0779. The van der Waals surface area contributed by atoms with E-state index in [0.717, 1.165) is 31.6 Å². The molecule has 2 aromatic heterocycles. The second-order valence-corrected chi connectivity index (χ2v) is 7.56. The van der Waals surface area contributed by atoms with Crippen LogP contribution in [0.15, 0.2) is 23.3 Å². The maximum atomic E-state index is 12.7. The summed E-state index contributed by atoms with van der Waals surface area (Å²) >= 11 is 0. The van der Waals surface area contributed by atoms with Crippen molar-refractivity contribution in [2.75, 3.05) is 39.1 Å².